The number of hydrogen-bond acceptors (Lipinski definition) is 7. The number of aryl methyl sites for hydroxylation is 1. The second-order valence-corrected chi connectivity index (χ2v) is 7.56. The molecule has 0 bridgehead atoms. The molecule has 1 aliphatic rings. The third-order valence-corrected chi connectivity index (χ3v) is 5.75. The van der Waals surface area contributed by atoms with E-state index in [1.807, 2.05) is 36.6 Å². The largest absolute Gasteiger partial charge is 0.507 e. The number of rotatable bonds is 3. The Labute approximate surface area is 157 Å². The standard InChI is InChI=1S/C18H13N3O3S2/c1-10-4-6-11(7-5-10)15(22)13-14(12-3-2-8-25-12)21(17(24)16(13)23)18-20-19-9-26-18/h2-9,14,22H,1H3/b15-13-. The molecule has 0 radical (unpaired) electrons. The quantitative estimate of drug-likeness (QED) is 0.425. The predicted molar refractivity (Wildman–Crippen MR) is 100 cm³/mol. The minimum Gasteiger partial charge on any atom is -0.507 e. The number of anilines is 1. The van der Waals surface area contributed by atoms with Crippen molar-refractivity contribution in [2.45, 2.75) is 13.0 Å². The lowest BCUT2D eigenvalue weighted by atomic mass is 9.99. The van der Waals surface area contributed by atoms with Gasteiger partial charge in [0.25, 0.3) is 5.78 Å². The first-order valence-electron chi connectivity index (χ1n) is 7.75. The fraction of sp³-hybridized carbons (Fsp3) is 0.111. The molecule has 26 heavy (non-hydrogen) atoms. The van der Waals surface area contributed by atoms with E-state index in [0.29, 0.717) is 10.7 Å². The van der Waals surface area contributed by atoms with Crippen LogP contribution in [0, 0.1) is 6.92 Å². The molecule has 1 aromatic carbocycles. The van der Waals surface area contributed by atoms with E-state index >= 15 is 0 Å². The lowest BCUT2D eigenvalue weighted by molar-refractivity contribution is -0.132. The normalized spacial score (nSPS) is 19.3. The van der Waals surface area contributed by atoms with E-state index in [1.165, 1.54) is 33.1 Å². The number of nitrogens with zero attached hydrogens (tertiary/aromatic N) is 3. The number of aliphatic hydroxyl groups excluding tert-OH is 1. The molecule has 6 nitrogen and oxygen atoms in total. The van der Waals surface area contributed by atoms with Crippen molar-refractivity contribution in [3.63, 3.8) is 0 Å². The third-order valence-electron chi connectivity index (χ3n) is 4.14. The minimum atomic E-state index is -0.725. The van der Waals surface area contributed by atoms with Gasteiger partial charge in [-0.1, -0.05) is 47.2 Å². The van der Waals surface area contributed by atoms with E-state index in [4.69, 9.17) is 0 Å². The number of carbonyl (C=O) groups excluding carboxylic acids is 2. The molecule has 0 saturated carbocycles. The SMILES string of the molecule is Cc1ccc(/C(O)=C2/C(=O)C(=O)N(c3nncs3)C2c2cccs2)cc1. The van der Waals surface area contributed by atoms with Gasteiger partial charge in [0, 0.05) is 10.4 Å². The molecule has 2 aromatic heterocycles. The van der Waals surface area contributed by atoms with E-state index in [1.54, 1.807) is 12.1 Å². The zero-order valence-corrected chi connectivity index (χ0v) is 15.3. The van der Waals surface area contributed by atoms with Crippen molar-refractivity contribution in [1.29, 1.82) is 0 Å². The summed E-state index contributed by atoms with van der Waals surface area (Å²) in [4.78, 5) is 27.5. The minimum absolute atomic E-state index is 0.0662. The first-order chi connectivity index (χ1) is 12.6. The van der Waals surface area contributed by atoms with Crippen LogP contribution in [0.2, 0.25) is 0 Å². The van der Waals surface area contributed by atoms with Crippen molar-refractivity contribution in [2.75, 3.05) is 4.90 Å². The first kappa shape index (κ1) is 16.6. The van der Waals surface area contributed by atoms with Crippen molar-refractivity contribution in [3.05, 3.63) is 68.9 Å². The highest BCUT2D eigenvalue weighted by atomic mass is 32.1. The highest BCUT2D eigenvalue weighted by molar-refractivity contribution is 7.13. The van der Waals surface area contributed by atoms with E-state index in [9.17, 15) is 14.7 Å². The molecule has 130 valence electrons. The molecule has 1 fully saturated rings. The van der Waals surface area contributed by atoms with Crippen LogP contribution >= 0.6 is 22.7 Å². The van der Waals surface area contributed by atoms with E-state index in [0.717, 1.165) is 10.4 Å². The van der Waals surface area contributed by atoms with Crippen molar-refractivity contribution in [2.24, 2.45) is 0 Å². The molecular formula is C18H13N3O3S2. The Morgan fingerprint density at radius 3 is 2.54 bits per heavy atom. The zero-order chi connectivity index (χ0) is 18.3. The third kappa shape index (κ3) is 2.63. The molecule has 1 N–H and O–H groups in total. The number of carbonyl (C=O) groups is 2. The van der Waals surface area contributed by atoms with Crippen LogP contribution in [0.4, 0.5) is 5.13 Å². The van der Waals surface area contributed by atoms with Crippen molar-refractivity contribution in [1.82, 2.24) is 10.2 Å². The summed E-state index contributed by atoms with van der Waals surface area (Å²) in [5.74, 6) is -1.63. The number of aliphatic hydroxyl groups is 1. The number of thiophene rings is 1. The number of ketones is 1. The van der Waals surface area contributed by atoms with E-state index in [2.05, 4.69) is 10.2 Å². The molecule has 0 aliphatic carbocycles. The van der Waals surface area contributed by atoms with Gasteiger partial charge in [-0.3, -0.25) is 14.5 Å². The van der Waals surface area contributed by atoms with Gasteiger partial charge < -0.3 is 5.11 Å². The van der Waals surface area contributed by atoms with Crippen molar-refractivity contribution in [3.8, 4) is 0 Å². The van der Waals surface area contributed by atoms with Crippen molar-refractivity contribution < 1.29 is 14.7 Å². The highest BCUT2D eigenvalue weighted by Crippen LogP contribution is 2.43. The van der Waals surface area contributed by atoms with Crippen LogP contribution in [0.25, 0.3) is 5.76 Å². The molecular weight excluding hydrogens is 370 g/mol. The maximum absolute atomic E-state index is 12.8. The van der Waals surface area contributed by atoms with Crippen LogP contribution < -0.4 is 4.90 Å². The van der Waals surface area contributed by atoms with E-state index in [-0.39, 0.29) is 11.3 Å². The van der Waals surface area contributed by atoms with Crippen LogP contribution in [0.15, 0.2) is 52.9 Å². The zero-order valence-electron chi connectivity index (χ0n) is 13.6. The lowest BCUT2D eigenvalue weighted by Crippen LogP contribution is -2.29. The van der Waals surface area contributed by atoms with Gasteiger partial charge >= 0.3 is 5.91 Å². The summed E-state index contributed by atoms with van der Waals surface area (Å²) in [6.07, 6.45) is 0. The molecule has 8 heteroatoms. The maximum Gasteiger partial charge on any atom is 0.301 e. The lowest BCUT2D eigenvalue weighted by Gasteiger charge is -2.20. The van der Waals surface area contributed by atoms with Crippen LogP contribution in [0.5, 0.6) is 0 Å². The van der Waals surface area contributed by atoms with Gasteiger partial charge in [0.05, 0.1) is 5.57 Å². The molecule has 3 heterocycles. The molecule has 1 aliphatic heterocycles. The summed E-state index contributed by atoms with van der Waals surface area (Å²) in [6, 6.07) is 10.1. The number of hydrogen-bond donors (Lipinski definition) is 1. The smallest absolute Gasteiger partial charge is 0.301 e. The maximum atomic E-state index is 12.8. The Balaban J connectivity index is 1.92. The van der Waals surface area contributed by atoms with Gasteiger partial charge in [-0.15, -0.1) is 21.5 Å². The van der Waals surface area contributed by atoms with Crippen LogP contribution in [0.3, 0.4) is 0 Å². The monoisotopic (exact) mass is 383 g/mol. The second kappa shape index (κ2) is 6.47. The molecule has 1 saturated heterocycles. The fourth-order valence-electron chi connectivity index (χ4n) is 2.88. The van der Waals surface area contributed by atoms with Gasteiger partial charge in [-0.2, -0.15) is 0 Å². The Hall–Kier alpha value is -2.84. The Morgan fingerprint density at radius 2 is 1.92 bits per heavy atom. The summed E-state index contributed by atoms with van der Waals surface area (Å²) in [5, 5.41) is 20.7. The Kier molecular flexibility index (Phi) is 4.14. The summed E-state index contributed by atoms with van der Waals surface area (Å²) >= 11 is 2.58. The molecule has 4 rings (SSSR count). The summed E-state index contributed by atoms with van der Waals surface area (Å²) in [6.45, 7) is 1.93. The van der Waals surface area contributed by atoms with Crippen LogP contribution in [0.1, 0.15) is 22.0 Å². The molecule has 1 unspecified atom stereocenters. The Bertz CT molecular complexity index is 993. The van der Waals surface area contributed by atoms with E-state index < -0.39 is 17.7 Å². The number of aromatic nitrogens is 2. The van der Waals surface area contributed by atoms with Crippen LogP contribution in [-0.4, -0.2) is 27.0 Å². The summed E-state index contributed by atoms with van der Waals surface area (Å²) < 4.78 is 0. The average molecular weight is 383 g/mol. The van der Waals surface area contributed by atoms with Gasteiger partial charge in [0.2, 0.25) is 5.13 Å². The number of amides is 1. The van der Waals surface area contributed by atoms with Gasteiger partial charge in [-0.05, 0) is 18.4 Å². The molecule has 1 amide bonds. The highest BCUT2D eigenvalue weighted by Gasteiger charge is 2.48. The molecule has 3 aromatic rings. The summed E-state index contributed by atoms with van der Waals surface area (Å²) in [7, 11) is 0. The van der Waals surface area contributed by atoms with Crippen molar-refractivity contribution >= 4 is 45.3 Å². The van der Waals surface area contributed by atoms with Gasteiger partial charge in [0.15, 0.2) is 0 Å². The number of Topliss-reactive ketones (excluding diaryl/α,β-unsaturated/α-hetero) is 1. The fourth-order valence-corrected chi connectivity index (χ4v) is 4.29. The van der Waals surface area contributed by atoms with Crippen LogP contribution in [-0.2, 0) is 9.59 Å². The second-order valence-electron chi connectivity index (χ2n) is 5.77. The number of benzene rings is 1. The average Bonchev–Trinajstić information content (AvgIpc) is 3.37. The van der Waals surface area contributed by atoms with Gasteiger partial charge in [0.1, 0.15) is 17.3 Å². The first-order valence-corrected chi connectivity index (χ1v) is 9.51. The Morgan fingerprint density at radius 1 is 1.15 bits per heavy atom. The predicted octanol–water partition coefficient (Wildman–Crippen LogP) is 3.53. The van der Waals surface area contributed by atoms with Gasteiger partial charge in [-0.25, -0.2) is 0 Å². The molecule has 0 spiro atoms. The summed E-state index contributed by atoms with van der Waals surface area (Å²) in [5.41, 5.74) is 3.09. The molecule has 1 atom stereocenters. The topological polar surface area (TPSA) is 83.4 Å².